The maximum atomic E-state index is 12.6. The molecule has 4 atom stereocenters. The SMILES string of the molecule is CC1CC(N2C(=O)c3ccccc3C2=O)C(C)OC1CC=O. The highest BCUT2D eigenvalue weighted by Gasteiger charge is 2.45. The van der Waals surface area contributed by atoms with E-state index in [-0.39, 0.29) is 36.0 Å². The van der Waals surface area contributed by atoms with Crippen LogP contribution in [-0.2, 0) is 9.53 Å². The highest BCUT2D eigenvalue weighted by atomic mass is 16.5. The quantitative estimate of drug-likeness (QED) is 0.633. The van der Waals surface area contributed by atoms with Crippen LogP contribution in [0, 0.1) is 5.92 Å². The van der Waals surface area contributed by atoms with Crippen LogP contribution < -0.4 is 0 Å². The molecule has 1 saturated heterocycles. The molecule has 2 aliphatic heterocycles. The Balaban J connectivity index is 1.85. The Morgan fingerprint density at radius 1 is 1.18 bits per heavy atom. The number of fused-ring (bicyclic) bond motifs is 1. The maximum absolute atomic E-state index is 12.6. The van der Waals surface area contributed by atoms with Gasteiger partial charge in [-0.25, -0.2) is 0 Å². The summed E-state index contributed by atoms with van der Waals surface area (Å²) in [7, 11) is 0. The number of amides is 2. The average molecular weight is 301 g/mol. The molecule has 2 amide bonds. The molecule has 5 nitrogen and oxygen atoms in total. The van der Waals surface area contributed by atoms with E-state index in [4.69, 9.17) is 4.74 Å². The Morgan fingerprint density at radius 3 is 2.32 bits per heavy atom. The molecule has 4 unspecified atom stereocenters. The number of hydrogen-bond donors (Lipinski definition) is 0. The van der Waals surface area contributed by atoms with Gasteiger partial charge in [0, 0.05) is 6.42 Å². The second-order valence-electron chi connectivity index (χ2n) is 6.09. The molecule has 3 rings (SSSR count). The van der Waals surface area contributed by atoms with Gasteiger partial charge in [0.15, 0.2) is 0 Å². The lowest BCUT2D eigenvalue weighted by Gasteiger charge is -2.41. The molecule has 22 heavy (non-hydrogen) atoms. The summed E-state index contributed by atoms with van der Waals surface area (Å²) < 4.78 is 5.88. The van der Waals surface area contributed by atoms with Crippen LogP contribution in [0.1, 0.15) is 47.4 Å². The molecule has 0 aliphatic carbocycles. The van der Waals surface area contributed by atoms with Crippen molar-refractivity contribution in [2.45, 2.75) is 44.9 Å². The van der Waals surface area contributed by atoms with Gasteiger partial charge in [-0.15, -0.1) is 0 Å². The van der Waals surface area contributed by atoms with Gasteiger partial charge in [0.1, 0.15) is 6.29 Å². The van der Waals surface area contributed by atoms with Crippen molar-refractivity contribution in [3.63, 3.8) is 0 Å². The normalized spacial score (nSPS) is 31.3. The average Bonchev–Trinajstić information content (AvgIpc) is 2.76. The second-order valence-corrected chi connectivity index (χ2v) is 6.09. The molecule has 1 aromatic rings. The number of imide groups is 1. The predicted octanol–water partition coefficient (Wildman–Crippen LogP) is 2.05. The third kappa shape index (κ3) is 2.25. The second kappa shape index (κ2) is 5.65. The van der Waals surface area contributed by atoms with Gasteiger partial charge in [-0.2, -0.15) is 0 Å². The number of carbonyl (C=O) groups is 3. The lowest BCUT2D eigenvalue weighted by atomic mass is 9.88. The molecule has 1 aromatic carbocycles. The lowest BCUT2D eigenvalue weighted by Crippen LogP contribution is -2.53. The number of nitrogens with zero attached hydrogens (tertiary/aromatic N) is 1. The monoisotopic (exact) mass is 301 g/mol. The van der Waals surface area contributed by atoms with E-state index in [1.54, 1.807) is 24.3 Å². The van der Waals surface area contributed by atoms with Crippen LogP contribution in [-0.4, -0.2) is 41.3 Å². The van der Waals surface area contributed by atoms with Crippen molar-refractivity contribution in [3.8, 4) is 0 Å². The van der Waals surface area contributed by atoms with Crippen molar-refractivity contribution in [2.24, 2.45) is 5.92 Å². The summed E-state index contributed by atoms with van der Waals surface area (Å²) >= 11 is 0. The molecule has 116 valence electrons. The van der Waals surface area contributed by atoms with Crippen molar-refractivity contribution in [3.05, 3.63) is 35.4 Å². The fourth-order valence-corrected chi connectivity index (χ4v) is 3.43. The van der Waals surface area contributed by atoms with Gasteiger partial charge in [0.25, 0.3) is 11.8 Å². The van der Waals surface area contributed by atoms with Crippen LogP contribution in [0.2, 0.25) is 0 Å². The first kappa shape index (κ1) is 14.9. The van der Waals surface area contributed by atoms with Crippen LogP contribution in [0.25, 0.3) is 0 Å². The summed E-state index contributed by atoms with van der Waals surface area (Å²) in [5, 5.41) is 0. The molecule has 0 saturated carbocycles. The van der Waals surface area contributed by atoms with E-state index in [1.807, 2.05) is 13.8 Å². The van der Waals surface area contributed by atoms with E-state index < -0.39 is 0 Å². The molecule has 0 spiro atoms. The molecular weight excluding hydrogens is 282 g/mol. The molecule has 0 radical (unpaired) electrons. The Morgan fingerprint density at radius 2 is 1.77 bits per heavy atom. The highest BCUT2D eigenvalue weighted by molar-refractivity contribution is 6.21. The molecule has 0 bridgehead atoms. The third-order valence-corrected chi connectivity index (χ3v) is 4.66. The molecule has 0 aromatic heterocycles. The summed E-state index contributed by atoms with van der Waals surface area (Å²) in [6, 6.07) is 6.60. The standard InChI is InChI=1S/C17H19NO4/c1-10-9-14(11(2)22-15(10)7-8-19)18-16(20)12-5-3-4-6-13(12)17(18)21/h3-6,8,10-11,14-15H,7,9H2,1-2H3. The summed E-state index contributed by atoms with van der Waals surface area (Å²) in [4.78, 5) is 37.2. The molecular formula is C17H19NO4. The summed E-state index contributed by atoms with van der Waals surface area (Å²) in [6.45, 7) is 3.85. The molecule has 2 heterocycles. The van der Waals surface area contributed by atoms with Crippen LogP contribution in [0.5, 0.6) is 0 Å². The van der Waals surface area contributed by atoms with Gasteiger partial charge in [0.05, 0.1) is 29.4 Å². The van der Waals surface area contributed by atoms with Crippen LogP contribution in [0.3, 0.4) is 0 Å². The first-order valence-corrected chi connectivity index (χ1v) is 7.60. The molecule has 2 aliphatic rings. The summed E-state index contributed by atoms with van der Waals surface area (Å²) in [5.41, 5.74) is 0.921. The number of ether oxygens (including phenoxy) is 1. The first-order chi connectivity index (χ1) is 10.5. The van der Waals surface area contributed by atoms with E-state index in [9.17, 15) is 14.4 Å². The summed E-state index contributed by atoms with van der Waals surface area (Å²) in [5.74, 6) is -0.375. The Kier molecular flexibility index (Phi) is 3.83. The fourth-order valence-electron chi connectivity index (χ4n) is 3.43. The largest absolute Gasteiger partial charge is 0.372 e. The molecule has 0 N–H and O–H groups in total. The minimum atomic E-state index is -0.287. The number of rotatable bonds is 3. The smallest absolute Gasteiger partial charge is 0.261 e. The number of aldehydes is 1. The van der Waals surface area contributed by atoms with E-state index in [1.165, 1.54) is 4.90 Å². The van der Waals surface area contributed by atoms with E-state index >= 15 is 0 Å². The van der Waals surface area contributed by atoms with Gasteiger partial charge in [-0.1, -0.05) is 19.1 Å². The van der Waals surface area contributed by atoms with E-state index in [2.05, 4.69) is 0 Å². The zero-order valence-corrected chi connectivity index (χ0v) is 12.7. The molecule has 5 heteroatoms. The van der Waals surface area contributed by atoms with Crippen molar-refractivity contribution < 1.29 is 19.1 Å². The van der Waals surface area contributed by atoms with E-state index in [0.717, 1.165) is 6.29 Å². The predicted molar refractivity (Wildman–Crippen MR) is 79.5 cm³/mol. The number of benzene rings is 1. The minimum absolute atomic E-state index is 0.121. The van der Waals surface area contributed by atoms with Crippen molar-refractivity contribution in [1.82, 2.24) is 4.90 Å². The lowest BCUT2D eigenvalue weighted by molar-refractivity contribution is -0.124. The van der Waals surface area contributed by atoms with Gasteiger partial charge in [0.2, 0.25) is 0 Å². The van der Waals surface area contributed by atoms with Crippen molar-refractivity contribution in [2.75, 3.05) is 0 Å². The highest BCUT2D eigenvalue weighted by Crippen LogP contribution is 2.34. The van der Waals surface area contributed by atoms with Gasteiger partial charge in [-0.05, 0) is 31.4 Å². The fraction of sp³-hybridized carbons (Fsp3) is 0.471. The Labute approximate surface area is 129 Å². The van der Waals surface area contributed by atoms with E-state index in [0.29, 0.717) is 24.0 Å². The van der Waals surface area contributed by atoms with Crippen LogP contribution in [0.15, 0.2) is 24.3 Å². The van der Waals surface area contributed by atoms with Gasteiger partial charge >= 0.3 is 0 Å². The van der Waals surface area contributed by atoms with Crippen molar-refractivity contribution in [1.29, 1.82) is 0 Å². The van der Waals surface area contributed by atoms with Gasteiger partial charge < -0.3 is 9.53 Å². The topological polar surface area (TPSA) is 63.7 Å². The first-order valence-electron chi connectivity index (χ1n) is 7.60. The Bertz CT molecular complexity index is 592. The molecule has 1 fully saturated rings. The minimum Gasteiger partial charge on any atom is -0.372 e. The number of carbonyl (C=O) groups excluding carboxylic acids is 3. The maximum Gasteiger partial charge on any atom is 0.261 e. The van der Waals surface area contributed by atoms with Crippen molar-refractivity contribution >= 4 is 18.1 Å². The zero-order valence-electron chi connectivity index (χ0n) is 12.7. The van der Waals surface area contributed by atoms with Gasteiger partial charge in [-0.3, -0.25) is 14.5 Å². The zero-order chi connectivity index (χ0) is 15.9. The number of hydrogen-bond acceptors (Lipinski definition) is 4. The summed E-state index contributed by atoms with van der Waals surface area (Å²) in [6.07, 6.45) is 1.45. The third-order valence-electron chi connectivity index (χ3n) is 4.66. The Hall–Kier alpha value is -2.01. The van der Waals surface area contributed by atoms with Crippen LogP contribution >= 0.6 is 0 Å². The van der Waals surface area contributed by atoms with Crippen LogP contribution in [0.4, 0.5) is 0 Å².